The van der Waals surface area contributed by atoms with Crippen LogP contribution in [0.25, 0.3) is 0 Å². The van der Waals surface area contributed by atoms with E-state index in [1.165, 1.54) is 13.3 Å². The number of ether oxygens (including phenoxy) is 1. The van der Waals surface area contributed by atoms with Gasteiger partial charge in [-0.25, -0.2) is 9.78 Å². The monoisotopic (exact) mass is 246 g/mol. The number of imidazole rings is 1. The van der Waals surface area contributed by atoms with Crippen molar-refractivity contribution in [1.82, 2.24) is 15.0 Å². The van der Waals surface area contributed by atoms with Crippen molar-refractivity contribution in [3.8, 4) is 0 Å². The molecule has 2 rings (SSSR count). The number of hydrogen-bond acceptors (Lipinski definition) is 5. The Morgan fingerprint density at radius 2 is 2.28 bits per heavy atom. The standard InChI is InChI=1S/C12H14N4O2/c1-18-12(17)8-4-10(13)11(15-5-8)3-2-9-6-14-7-16-9/h4-7H,2-3,13H2,1H3,(H,14,16). The fourth-order valence-electron chi connectivity index (χ4n) is 1.62. The average molecular weight is 246 g/mol. The number of pyridine rings is 1. The number of carbonyl (C=O) groups excluding carboxylic acids is 1. The van der Waals surface area contributed by atoms with Crippen LogP contribution in [0.15, 0.2) is 24.8 Å². The molecule has 0 saturated heterocycles. The summed E-state index contributed by atoms with van der Waals surface area (Å²) in [4.78, 5) is 22.5. The number of rotatable bonds is 4. The van der Waals surface area contributed by atoms with Gasteiger partial charge < -0.3 is 15.5 Å². The van der Waals surface area contributed by atoms with Crippen molar-refractivity contribution in [3.05, 3.63) is 41.7 Å². The van der Waals surface area contributed by atoms with Gasteiger partial charge in [0.15, 0.2) is 0 Å². The van der Waals surface area contributed by atoms with Crippen LogP contribution in [0.5, 0.6) is 0 Å². The molecule has 0 bridgehead atoms. The lowest BCUT2D eigenvalue weighted by Crippen LogP contribution is -2.06. The van der Waals surface area contributed by atoms with E-state index in [1.807, 2.05) is 6.20 Å². The molecule has 94 valence electrons. The molecule has 0 fully saturated rings. The first-order valence-corrected chi connectivity index (χ1v) is 5.51. The molecule has 0 saturated carbocycles. The molecule has 0 amide bonds. The van der Waals surface area contributed by atoms with Gasteiger partial charge >= 0.3 is 5.97 Å². The molecule has 0 aliphatic carbocycles. The third-order valence-electron chi connectivity index (χ3n) is 2.60. The third-order valence-corrected chi connectivity index (χ3v) is 2.60. The van der Waals surface area contributed by atoms with Gasteiger partial charge in [-0.15, -0.1) is 0 Å². The fraction of sp³-hybridized carbons (Fsp3) is 0.250. The van der Waals surface area contributed by atoms with Crippen LogP contribution < -0.4 is 5.73 Å². The van der Waals surface area contributed by atoms with Gasteiger partial charge in [-0.3, -0.25) is 4.98 Å². The van der Waals surface area contributed by atoms with Crippen LogP contribution in [0, 0.1) is 0 Å². The maximum atomic E-state index is 11.3. The summed E-state index contributed by atoms with van der Waals surface area (Å²) < 4.78 is 4.60. The number of esters is 1. The average Bonchev–Trinajstić information content (AvgIpc) is 2.89. The van der Waals surface area contributed by atoms with Crippen molar-refractivity contribution in [2.75, 3.05) is 12.8 Å². The SMILES string of the molecule is COC(=O)c1cnc(CCc2c[nH]cn2)c(N)c1. The summed E-state index contributed by atoms with van der Waals surface area (Å²) in [5, 5.41) is 0. The summed E-state index contributed by atoms with van der Waals surface area (Å²) >= 11 is 0. The maximum Gasteiger partial charge on any atom is 0.339 e. The first kappa shape index (κ1) is 12.1. The first-order valence-electron chi connectivity index (χ1n) is 5.51. The van der Waals surface area contributed by atoms with Crippen molar-refractivity contribution in [3.63, 3.8) is 0 Å². The van der Waals surface area contributed by atoms with Crippen LogP contribution in [-0.4, -0.2) is 28.0 Å². The number of aromatic nitrogens is 3. The minimum absolute atomic E-state index is 0.360. The van der Waals surface area contributed by atoms with E-state index in [1.54, 1.807) is 12.4 Å². The largest absolute Gasteiger partial charge is 0.465 e. The molecule has 2 aromatic heterocycles. The second-order valence-electron chi connectivity index (χ2n) is 3.81. The van der Waals surface area contributed by atoms with Crippen LogP contribution >= 0.6 is 0 Å². The van der Waals surface area contributed by atoms with Crippen molar-refractivity contribution in [1.29, 1.82) is 0 Å². The highest BCUT2D eigenvalue weighted by Gasteiger charge is 2.09. The van der Waals surface area contributed by atoms with Gasteiger partial charge in [-0.1, -0.05) is 0 Å². The number of aromatic amines is 1. The predicted molar refractivity (Wildman–Crippen MR) is 66.0 cm³/mol. The molecule has 3 N–H and O–H groups in total. The van der Waals surface area contributed by atoms with Crippen LogP contribution in [0.4, 0.5) is 5.69 Å². The summed E-state index contributed by atoms with van der Waals surface area (Å²) in [7, 11) is 1.32. The second-order valence-corrected chi connectivity index (χ2v) is 3.81. The van der Waals surface area contributed by atoms with Gasteiger partial charge in [0.05, 0.1) is 36.1 Å². The molecule has 0 aliphatic heterocycles. The number of H-pyrrole nitrogens is 1. The number of nitrogens with two attached hydrogens (primary N) is 1. The lowest BCUT2D eigenvalue weighted by molar-refractivity contribution is 0.0600. The molecule has 2 heterocycles. The van der Waals surface area contributed by atoms with Crippen molar-refractivity contribution in [2.45, 2.75) is 12.8 Å². The lowest BCUT2D eigenvalue weighted by atomic mass is 10.1. The fourth-order valence-corrected chi connectivity index (χ4v) is 1.62. The zero-order valence-electron chi connectivity index (χ0n) is 10.0. The van der Waals surface area contributed by atoms with Crippen molar-refractivity contribution in [2.24, 2.45) is 0 Å². The van der Waals surface area contributed by atoms with Gasteiger partial charge in [0.25, 0.3) is 0 Å². The summed E-state index contributed by atoms with van der Waals surface area (Å²) in [6.45, 7) is 0. The number of nitrogens with one attached hydrogen (secondary N) is 1. The van der Waals surface area contributed by atoms with E-state index in [0.717, 1.165) is 17.8 Å². The highest BCUT2D eigenvalue weighted by Crippen LogP contribution is 2.14. The van der Waals surface area contributed by atoms with E-state index in [2.05, 4.69) is 19.7 Å². The van der Waals surface area contributed by atoms with E-state index in [-0.39, 0.29) is 0 Å². The number of nitrogen functional groups attached to an aromatic ring is 1. The van der Waals surface area contributed by atoms with Gasteiger partial charge in [0.2, 0.25) is 0 Å². The Hall–Kier alpha value is -2.37. The quantitative estimate of drug-likeness (QED) is 0.783. The van der Waals surface area contributed by atoms with E-state index in [4.69, 9.17) is 5.73 Å². The zero-order valence-corrected chi connectivity index (χ0v) is 10.0. The number of aryl methyl sites for hydroxylation is 2. The molecule has 0 aliphatic rings. The minimum atomic E-state index is -0.437. The summed E-state index contributed by atoms with van der Waals surface area (Å²) in [5.74, 6) is -0.437. The number of carbonyl (C=O) groups is 1. The molecule has 2 aromatic rings. The molecule has 0 radical (unpaired) electrons. The van der Waals surface area contributed by atoms with Crippen LogP contribution in [0.1, 0.15) is 21.7 Å². The molecular weight excluding hydrogens is 232 g/mol. The van der Waals surface area contributed by atoms with Crippen LogP contribution in [0.3, 0.4) is 0 Å². The molecule has 6 nitrogen and oxygen atoms in total. The normalized spacial score (nSPS) is 10.3. The van der Waals surface area contributed by atoms with Crippen molar-refractivity contribution < 1.29 is 9.53 Å². The summed E-state index contributed by atoms with van der Waals surface area (Å²) in [5.41, 5.74) is 8.42. The molecule has 0 aromatic carbocycles. The number of anilines is 1. The van der Waals surface area contributed by atoms with Gasteiger partial charge in [-0.05, 0) is 18.9 Å². The van der Waals surface area contributed by atoms with E-state index >= 15 is 0 Å². The Morgan fingerprint density at radius 1 is 1.44 bits per heavy atom. The maximum absolute atomic E-state index is 11.3. The summed E-state index contributed by atoms with van der Waals surface area (Å²) in [6.07, 6.45) is 6.37. The van der Waals surface area contributed by atoms with Crippen molar-refractivity contribution >= 4 is 11.7 Å². The molecule has 0 spiro atoms. The highest BCUT2D eigenvalue weighted by atomic mass is 16.5. The summed E-state index contributed by atoms with van der Waals surface area (Å²) in [6, 6.07) is 1.58. The van der Waals surface area contributed by atoms with E-state index in [9.17, 15) is 4.79 Å². The highest BCUT2D eigenvalue weighted by molar-refractivity contribution is 5.90. The van der Waals surface area contributed by atoms with E-state index in [0.29, 0.717) is 17.7 Å². The van der Waals surface area contributed by atoms with Gasteiger partial charge in [-0.2, -0.15) is 0 Å². The van der Waals surface area contributed by atoms with Crippen LogP contribution in [-0.2, 0) is 17.6 Å². The Morgan fingerprint density at radius 3 is 2.89 bits per heavy atom. The minimum Gasteiger partial charge on any atom is -0.465 e. The smallest absolute Gasteiger partial charge is 0.339 e. The molecule has 0 atom stereocenters. The number of nitrogens with zero attached hydrogens (tertiary/aromatic N) is 2. The Kier molecular flexibility index (Phi) is 3.57. The molecule has 18 heavy (non-hydrogen) atoms. The third kappa shape index (κ3) is 2.65. The predicted octanol–water partition coefficient (Wildman–Crippen LogP) is 0.959. The number of hydrogen-bond donors (Lipinski definition) is 2. The van der Waals surface area contributed by atoms with Gasteiger partial charge in [0.1, 0.15) is 0 Å². The van der Waals surface area contributed by atoms with Gasteiger partial charge in [0, 0.05) is 12.4 Å². The molecule has 6 heteroatoms. The Bertz CT molecular complexity index is 537. The Balaban J connectivity index is 2.08. The first-order chi connectivity index (χ1) is 8.70. The zero-order chi connectivity index (χ0) is 13.0. The topological polar surface area (TPSA) is 93.9 Å². The number of methoxy groups -OCH3 is 1. The molecular formula is C12H14N4O2. The van der Waals surface area contributed by atoms with Crippen LogP contribution in [0.2, 0.25) is 0 Å². The second kappa shape index (κ2) is 5.31. The molecule has 0 unspecified atom stereocenters. The lowest BCUT2D eigenvalue weighted by Gasteiger charge is -2.05. The van der Waals surface area contributed by atoms with E-state index < -0.39 is 5.97 Å². The Labute approximate surface area is 104 Å².